The minimum atomic E-state index is -0.995. The Balaban J connectivity index is 0.000000146. The summed E-state index contributed by atoms with van der Waals surface area (Å²) in [6.45, 7) is 0. The summed E-state index contributed by atoms with van der Waals surface area (Å²) in [7, 11) is 0. The number of rotatable bonds is 1. The minimum absolute atomic E-state index is 0.0821. The van der Waals surface area contributed by atoms with Crippen molar-refractivity contribution in [2.45, 2.75) is 25.7 Å². The van der Waals surface area contributed by atoms with Crippen LogP contribution in [-0.4, -0.2) is 21.2 Å². The number of phenolic OH excluding ortho intramolecular Hbond substituents is 1. The van der Waals surface area contributed by atoms with Crippen LogP contribution >= 0.6 is 0 Å². The Morgan fingerprint density at radius 2 is 1.44 bits per heavy atom. The van der Waals surface area contributed by atoms with Crippen LogP contribution in [0.4, 0.5) is 0 Å². The number of nitrogens with zero attached hydrogens (tertiary/aromatic N) is 1. The van der Waals surface area contributed by atoms with Gasteiger partial charge >= 0.3 is 5.97 Å². The first-order valence-corrected chi connectivity index (χ1v) is 10.8. The van der Waals surface area contributed by atoms with Crippen molar-refractivity contribution in [3.8, 4) is 5.75 Å². The van der Waals surface area contributed by atoms with E-state index < -0.39 is 5.97 Å². The SMILES string of the molecule is O=C(O)c1cc2ccccc2cn1.Oc1cc2c3c(ccc2c2ccccc12)CCCC3. The molecule has 1 aliphatic rings. The third-order valence-electron chi connectivity index (χ3n) is 6.20. The van der Waals surface area contributed by atoms with Crippen molar-refractivity contribution in [3.63, 3.8) is 0 Å². The highest BCUT2D eigenvalue weighted by molar-refractivity contribution is 6.11. The lowest BCUT2D eigenvalue weighted by molar-refractivity contribution is 0.0690. The summed E-state index contributed by atoms with van der Waals surface area (Å²) in [6.07, 6.45) is 6.44. The van der Waals surface area contributed by atoms with Crippen molar-refractivity contribution in [2.24, 2.45) is 0 Å². The van der Waals surface area contributed by atoms with E-state index in [0.717, 1.165) is 28.0 Å². The molecule has 0 unspecified atom stereocenters. The molecule has 0 spiro atoms. The van der Waals surface area contributed by atoms with E-state index >= 15 is 0 Å². The maximum atomic E-state index is 10.6. The van der Waals surface area contributed by atoms with Crippen LogP contribution in [0.25, 0.3) is 32.3 Å². The van der Waals surface area contributed by atoms with Crippen LogP contribution in [0.2, 0.25) is 0 Å². The number of carboxylic acid groups (broad SMARTS) is 1. The Hall–Kier alpha value is -3.92. The van der Waals surface area contributed by atoms with E-state index in [1.165, 1.54) is 41.2 Å². The average Bonchev–Trinajstić information content (AvgIpc) is 2.84. The fourth-order valence-corrected chi connectivity index (χ4v) is 4.61. The molecule has 5 aromatic rings. The topological polar surface area (TPSA) is 70.4 Å². The lowest BCUT2D eigenvalue weighted by Gasteiger charge is -2.19. The van der Waals surface area contributed by atoms with Crippen LogP contribution in [0, 0.1) is 0 Å². The van der Waals surface area contributed by atoms with Gasteiger partial charge in [-0.25, -0.2) is 9.78 Å². The molecule has 2 N–H and O–H groups in total. The summed E-state index contributed by atoms with van der Waals surface area (Å²) in [5.74, 6) is -0.590. The summed E-state index contributed by atoms with van der Waals surface area (Å²) in [5.41, 5.74) is 3.00. The molecule has 4 nitrogen and oxygen atoms in total. The Labute approximate surface area is 185 Å². The van der Waals surface area contributed by atoms with E-state index in [4.69, 9.17) is 5.11 Å². The predicted molar refractivity (Wildman–Crippen MR) is 128 cm³/mol. The van der Waals surface area contributed by atoms with Gasteiger partial charge < -0.3 is 10.2 Å². The van der Waals surface area contributed by atoms with Gasteiger partial charge in [-0.2, -0.15) is 0 Å². The first-order valence-electron chi connectivity index (χ1n) is 10.8. The Kier molecular flexibility index (Phi) is 5.20. The van der Waals surface area contributed by atoms with E-state index in [9.17, 15) is 9.90 Å². The van der Waals surface area contributed by atoms with Gasteiger partial charge in [0.25, 0.3) is 0 Å². The number of benzene rings is 4. The Morgan fingerprint density at radius 3 is 2.25 bits per heavy atom. The molecule has 1 aromatic heterocycles. The minimum Gasteiger partial charge on any atom is -0.507 e. The third-order valence-corrected chi connectivity index (χ3v) is 6.20. The van der Waals surface area contributed by atoms with Gasteiger partial charge in [0.1, 0.15) is 11.4 Å². The van der Waals surface area contributed by atoms with Crippen LogP contribution in [0.15, 0.2) is 79.0 Å². The molecule has 1 aliphatic carbocycles. The molecule has 4 heteroatoms. The molecule has 158 valence electrons. The molecule has 0 bridgehead atoms. The monoisotopic (exact) mass is 421 g/mol. The Bertz CT molecular complexity index is 1470. The van der Waals surface area contributed by atoms with Gasteiger partial charge in [-0.3, -0.25) is 0 Å². The first kappa shape index (κ1) is 20.0. The van der Waals surface area contributed by atoms with Crippen LogP contribution in [0.3, 0.4) is 0 Å². The second kappa shape index (κ2) is 8.31. The molecule has 4 aromatic carbocycles. The molecular formula is C28H23NO3. The van der Waals surface area contributed by atoms with Gasteiger partial charge in [0.2, 0.25) is 0 Å². The van der Waals surface area contributed by atoms with E-state index in [1.54, 1.807) is 12.3 Å². The van der Waals surface area contributed by atoms with Crippen molar-refractivity contribution in [2.75, 3.05) is 0 Å². The lowest BCUT2D eigenvalue weighted by atomic mass is 9.86. The molecule has 0 radical (unpaired) electrons. The molecule has 0 saturated carbocycles. The van der Waals surface area contributed by atoms with Crippen LogP contribution < -0.4 is 0 Å². The van der Waals surface area contributed by atoms with Crippen LogP contribution in [0.1, 0.15) is 34.5 Å². The van der Waals surface area contributed by atoms with Crippen molar-refractivity contribution < 1.29 is 15.0 Å². The fraction of sp³-hybridized carbons (Fsp3) is 0.143. The van der Waals surface area contributed by atoms with Crippen LogP contribution in [0.5, 0.6) is 5.75 Å². The van der Waals surface area contributed by atoms with Crippen molar-refractivity contribution in [3.05, 3.63) is 95.8 Å². The summed E-state index contributed by atoms with van der Waals surface area (Å²) in [5, 5.41) is 25.4. The molecule has 0 amide bonds. The number of pyridine rings is 1. The number of aromatic nitrogens is 1. The molecule has 32 heavy (non-hydrogen) atoms. The smallest absolute Gasteiger partial charge is 0.354 e. The van der Waals surface area contributed by atoms with E-state index in [1.807, 2.05) is 48.5 Å². The molecule has 0 aliphatic heterocycles. The molecule has 0 fully saturated rings. The van der Waals surface area contributed by atoms with Crippen molar-refractivity contribution in [1.82, 2.24) is 4.98 Å². The first-order chi connectivity index (χ1) is 15.6. The molecular weight excluding hydrogens is 398 g/mol. The van der Waals surface area contributed by atoms with E-state index in [2.05, 4.69) is 23.2 Å². The highest BCUT2D eigenvalue weighted by Gasteiger charge is 2.15. The van der Waals surface area contributed by atoms with Crippen LogP contribution in [-0.2, 0) is 12.8 Å². The molecule has 6 rings (SSSR count). The number of aromatic hydroxyl groups is 1. The van der Waals surface area contributed by atoms with Gasteiger partial charge in [0.15, 0.2) is 0 Å². The Morgan fingerprint density at radius 1 is 0.750 bits per heavy atom. The number of hydrogen-bond acceptors (Lipinski definition) is 3. The molecule has 0 atom stereocenters. The van der Waals surface area contributed by atoms with Gasteiger partial charge in [0.05, 0.1) is 0 Å². The number of phenols is 1. The predicted octanol–water partition coefficient (Wildman–Crippen LogP) is 6.51. The van der Waals surface area contributed by atoms with Gasteiger partial charge in [0, 0.05) is 17.0 Å². The zero-order chi connectivity index (χ0) is 22.1. The maximum absolute atomic E-state index is 10.6. The largest absolute Gasteiger partial charge is 0.507 e. The summed E-state index contributed by atoms with van der Waals surface area (Å²) in [6, 6.07) is 23.7. The fourth-order valence-electron chi connectivity index (χ4n) is 4.61. The zero-order valence-electron chi connectivity index (χ0n) is 17.6. The standard InChI is InChI=1S/C18H16O.C10H7NO2/c19-18-11-17-13-6-2-1-5-12(13)9-10-15(17)14-7-3-4-8-16(14)18;12-10(13)9-5-7-3-1-2-4-8(7)6-11-9/h3-4,7-11,19H,1-2,5-6H2;1-6H,(H,12,13). The number of aromatic carboxylic acids is 1. The number of fused-ring (bicyclic) bond motifs is 6. The lowest BCUT2D eigenvalue weighted by Crippen LogP contribution is -2.03. The van der Waals surface area contributed by atoms with E-state index in [0.29, 0.717) is 5.75 Å². The third kappa shape index (κ3) is 3.65. The molecule has 0 saturated heterocycles. The summed E-state index contributed by atoms with van der Waals surface area (Å²) >= 11 is 0. The second-order valence-corrected chi connectivity index (χ2v) is 8.17. The summed E-state index contributed by atoms with van der Waals surface area (Å²) in [4.78, 5) is 14.4. The molecule has 1 heterocycles. The zero-order valence-corrected chi connectivity index (χ0v) is 17.6. The normalized spacial score (nSPS) is 12.9. The number of carboxylic acids is 1. The number of hydrogen-bond donors (Lipinski definition) is 2. The second-order valence-electron chi connectivity index (χ2n) is 8.17. The maximum Gasteiger partial charge on any atom is 0.354 e. The van der Waals surface area contributed by atoms with Gasteiger partial charge in [-0.1, -0.05) is 60.7 Å². The average molecular weight is 421 g/mol. The number of aryl methyl sites for hydroxylation is 2. The van der Waals surface area contributed by atoms with Crippen molar-refractivity contribution >= 4 is 38.3 Å². The highest BCUT2D eigenvalue weighted by atomic mass is 16.4. The highest BCUT2D eigenvalue weighted by Crippen LogP contribution is 2.37. The summed E-state index contributed by atoms with van der Waals surface area (Å²) < 4.78 is 0. The van der Waals surface area contributed by atoms with E-state index in [-0.39, 0.29) is 5.69 Å². The van der Waals surface area contributed by atoms with Crippen molar-refractivity contribution in [1.29, 1.82) is 0 Å². The van der Waals surface area contributed by atoms with Gasteiger partial charge in [-0.05, 0) is 70.5 Å². The number of carbonyl (C=O) groups is 1. The quantitative estimate of drug-likeness (QED) is 0.303. The van der Waals surface area contributed by atoms with Gasteiger partial charge in [-0.15, -0.1) is 0 Å².